The number of aromatic nitrogens is 2. The number of hydrogen-bond donors (Lipinski definition) is 1. The van der Waals surface area contributed by atoms with E-state index in [1.807, 2.05) is 0 Å². The molecule has 0 saturated carbocycles. The summed E-state index contributed by atoms with van der Waals surface area (Å²) in [6, 6.07) is 0. The van der Waals surface area contributed by atoms with Crippen LogP contribution in [0.5, 0.6) is 0 Å². The predicted molar refractivity (Wildman–Crippen MR) is 62.9 cm³/mol. The van der Waals surface area contributed by atoms with Gasteiger partial charge in [0, 0.05) is 17.3 Å². The fraction of sp³-hybridized carbons (Fsp3) is 0.636. The summed E-state index contributed by atoms with van der Waals surface area (Å²) < 4.78 is 0. The summed E-state index contributed by atoms with van der Waals surface area (Å²) in [5.41, 5.74) is 0. The van der Waals surface area contributed by atoms with Gasteiger partial charge in [-0.2, -0.15) is 0 Å². The molecule has 1 heterocycles. The molecule has 0 aliphatic carbocycles. The molecule has 0 bridgehead atoms. The van der Waals surface area contributed by atoms with Crippen molar-refractivity contribution in [3.63, 3.8) is 0 Å². The van der Waals surface area contributed by atoms with Crippen molar-refractivity contribution in [2.24, 2.45) is 0 Å². The number of unbranched alkanes of at least 4 members (excludes halogenated alkanes) is 2. The van der Waals surface area contributed by atoms with Crippen molar-refractivity contribution in [3.05, 3.63) is 18.2 Å². The molecule has 0 aliphatic rings. The first kappa shape index (κ1) is 12.5. The summed E-state index contributed by atoms with van der Waals surface area (Å²) in [7, 11) is 0. The van der Waals surface area contributed by atoms with Gasteiger partial charge in [-0.15, -0.1) is 11.8 Å². The van der Waals surface area contributed by atoms with Gasteiger partial charge in [0.2, 0.25) is 0 Å². The summed E-state index contributed by atoms with van der Waals surface area (Å²) >= 11 is 1.77. The molecule has 0 radical (unpaired) electrons. The molecular formula is C11H18N2OS. The normalized spacial score (nSPS) is 12.7. The zero-order chi connectivity index (χ0) is 11.1. The van der Waals surface area contributed by atoms with Crippen LogP contribution in [0.1, 0.15) is 45.0 Å². The van der Waals surface area contributed by atoms with Crippen molar-refractivity contribution in [1.82, 2.24) is 9.97 Å². The molecule has 0 amide bonds. The highest BCUT2D eigenvalue weighted by Gasteiger charge is 2.03. The number of thioether (sulfide) groups is 1. The molecule has 1 N–H and O–H groups in total. The van der Waals surface area contributed by atoms with Crippen LogP contribution in [0.3, 0.4) is 0 Å². The monoisotopic (exact) mass is 226 g/mol. The van der Waals surface area contributed by atoms with Crippen LogP contribution < -0.4 is 0 Å². The topological polar surface area (TPSA) is 46.0 Å². The average molecular weight is 226 g/mol. The van der Waals surface area contributed by atoms with Crippen molar-refractivity contribution in [1.29, 1.82) is 0 Å². The van der Waals surface area contributed by atoms with E-state index in [0.29, 0.717) is 5.82 Å². The highest BCUT2D eigenvalue weighted by atomic mass is 32.2. The maximum Gasteiger partial charge on any atom is 0.156 e. The molecule has 0 saturated heterocycles. The lowest BCUT2D eigenvalue weighted by molar-refractivity contribution is 0.188. The minimum Gasteiger partial charge on any atom is -0.385 e. The summed E-state index contributed by atoms with van der Waals surface area (Å²) in [6.07, 6.45) is 6.75. The van der Waals surface area contributed by atoms with E-state index < -0.39 is 6.10 Å². The summed E-state index contributed by atoms with van der Waals surface area (Å²) in [4.78, 5) is 9.27. The van der Waals surface area contributed by atoms with Crippen molar-refractivity contribution in [2.45, 2.75) is 44.1 Å². The lowest BCUT2D eigenvalue weighted by Gasteiger charge is -2.03. The van der Waals surface area contributed by atoms with E-state index in [9.17, 15) is 5.11 Å². The lowest BCUT2D eigenvalue weighted by atomic mass is 10.3. The Morgan fingerprint density at radius 3 is 2.53 bits per heavy atom. The van der Waals surface area contributed by atoms with E-state index in [0.717, 1.165) is 10.6 Å². The Labute approximate surface area is 95.3 Å². The molecule has 15 heavy (non-hydrogen) atoms. The van der Waals surface area contributed by atoms with Gasteiger partial charge in [0.25, 0.3) is 0 Å². The zero-order valence-corrected chi connectivity index (χ0v) is 10.1. The molecule has 0 aromatic carbocycles. The highest BCUT2D eigenvalue weighted by molar-refractivity contribution is 7.99. The van der Waals surface area contributed by atoms with Gasteiger partial charge < -0.3 is 5.11 Å². The van der Waals surface area contributed by atoms with Gasteiger partial charge in [-0.1, -0.05) is 19.8 Å². The molecule has 0 fully saturated rings. The predicted octanol–water partition coefficient (Wildman–Crippen LogP) is 2.81. The second kappa shape index (κ2) is 6.80. The standard InChI is InChI=1S/C11H18N2OS/c1-3-4-5-6-15-10-7-12-11(9(2)14)13-8-10/h7-9,14H,3-6H2,1-2H3. The quantitative estimate of drug-likeness (QED) is 0.598. The molecule has 1 aromatic heterocycles. The molecule has 1 rings (SSSR count). The smallest absolute Gasteiger partial charge is 0.156 e. The number of aliphatic hydroxyl groups is 1. The second-order valence-electron chi connectivity index (χ2n) is 3.51. The Morgan fingerprint density at radius 1 is 1.33 bits per heavy atom. The largest absolute Gasteiger partial charge is 0.385 e. The summed E-state index contributed by atoms with van der Waals surface area (Å²) in [5, 5.41) is 9.23. The van der Waals surface area contributed by atoms with E-state index >= 15 is 0 Å². The van der Waals surface area contributed by atoms with Crippen LogP contribution in [0.15, 0.2) is 17.3 Å². The van der Waals surface area contributed by atoms with Gasteiger partial charge in [0.15, 0.2) is 5.82 Å². The van der Waals surface area contributed by atoms with Crippen LogP contribution in [-0.2, 0) is 0 Å². The van der Waals surface area contributed by atoms with Crippen LogP contribution >= 0.6 is 11.8 Å². The summed E-state index contributed by atoms with van der Waals surface area (Å²) in [6.45, 7) is 3.87. The van der Waals surface area contributed by atoms with Crippen molar-refractivity contribution in [3.8, 4) is 0 Å². The van der Waals surface area contributed by atoms with Crippen LogP contribution in [0.25, 0.3) is 0 Å². The zero-order valence-electron chi connectivity index (χ0n) is 9.31. The fourth-order valence-corrected chi connectivity index (χ4v) is 2.00. The molecule has 4 heteroatoms. The van der Waals surface area contributed by atoms with Crippen LogP contribution in [0, 0.1) is 0 Å². The van der Waals surface area contributed by atoms with E-state index in [1.165, 1.54) is 19.3 Å². The first-order chi connectivity index (χ1) is 7.24. The summed E-state index contributed by atoms with van der Waals surface area (Å²) in [5.74, 6) is 1.61. The van der Waals surface area contributed by atoms with E-state index in [1.54, 1.807) is 31.1 Å². The Kier molecular flexibility index (Phi) is 5.65. The van der Waals surface area contributed by atoms with Crippen LogP contribution in [0.2, 0.25) is 0 Å². The van der Waals surface area contributed by atoms with Crippen molar-refractivity contribution in [2.75, 3.05) is 5.75 Å². The van der Waals surface area contributed by atoms with Gasteiger partial charge in [-0.05, 0) is 19.1 Å². The number of hydrogen-bond acceptors (Lipinski definition) is 4. The first-order valence-electron chi connectivity index (χ1n) is 5.37. The molecule has 1 atom stereocenters. The van der Waals surface area contributed by atoms with Crippen LogP contribution in [-0.4, -0.2) is 20.8 Å². The molecule has 3 nitrogen and oxygen atoms in total. The Morgan fingerprint density at radius 2 is 2.00 bits per heavy atom. The van der Waals surface area contributed by atoms with Crippen LogP contribution in [0.4, 0.5) is 0 Å². The number of aliphatic hydroxyl groups excluding tert-OH is 1. The maximum atomic E-state index is 9.23. The third kappa shape index (κ3) is 4.62. The second-order valence-corrected chi connectivity index (χ2v) is 4.68. The first-order valence-corrected chi connectivity index (χ1v) is 6.35. The molecule has 0 spiro atoms. The molecule has 0 aliphatic heterocycles. The molecular weight excluding hydrogens is 208 g/mol. The van der Waals surface area contributed by atoms with E-state index in [2.05, 4.69) is 16.9 Å². The Bertz CT molecular complexity index is 274. The molecule has 84 valence electrons. The number of nitrogens with zero attached hydrogens (tertiary/aromatic N) is 2. The fourth-order valence-electron chi connectivity index (χ4n) is 1.16. The van der Waals surface area contributed by atoms with E-state index in [-0.39, 0.29) is 0 Å². The molecule has 1 aromatic rings. The highest BCUT2D eigenvalue weighted by Crippen LogP contribution is 2.18. The SMILES string of the molecule is CCCCCSc1cnc(C(C)O)nc1. The minimum absolute atomic E-state index is 0.493. The third-order valence-electron chi connectivity index (χ3n) is 2.04. The Balaban J connectivity index is 2.36. The number of rotatable bonds is 6. The van der Waals surface area contributed by atoms with Crippen molar-refractivity contribution < 1.29 is 5.11 Å². The average Bonchev–Trinajstić information content (AvgIpc) is 2.25. The van der Waals surface area contributed by atoms with E-state index in [4.69, 9.17) is 0 Å². The van der Waals surface area contributed by atoms with Gasteiger partial charge in [0.05, 0.1) is 0 Å². The van der Waals surface area contributed by atoms with Crippen molar-refractivity contribution >= 4 is 11.8 Å². The Hall–Kier alpha value is -0.610. The third-order valence-corrected chi connectivity index (χ3v) is 3.08. The molecule has 1 unspecified atom stereocenters. The maximum absolute atomic E-state index is 9.23. The van der Waals surface area contributed by atoms with Gasteiger partial charge in [-0.25, -0.2) is 9.97 Å². The van der Waals surface area contributed by atoms with Gasteiger partial charge >= 0.3 is 0 Å². The van der Waals surface area contributed by atoms with Gasteiger partial charge in [0.1, 0.15) is 6.10 Å². The minimum atomic E-state index is -0.579. The lowest BCUT2D eigenvalue weighted by Crippen LogP contribution is -1.98. The van der Waals surface area contributed by atoms with Gasteiger partial charge in [-0.3, -0.25) is 0 Å².